The van der Waals surface area contributed by atoms with Gasteiger partial charge in [0.1, 0.15) is 0 Å². The Bertz CT molecular complexity index is 1080. The first kappa shape index (κ1) is 20.9. The number of carbonyl (C=O) groups is 1. The summed E-state index contributed by atoms with van der Waals surface area (Å²) in [5.74, 6) is -2.12. The average Bonchev–Trinajstić information content (AvgIpc) is 3.32. The number of benzene rings is 2. The van der Waals surface area contributed by atoms with Crippen LogP contribution >= 0.6 is 23.2 Å². The number of carboxylic acid groups (broad SMARTS) is 1. The van der Waals surface area contributed by atoms with Crippen molar-refractivity contribution in [1.29, 1.82) is 0 Å². The van der Waals surface area contributed by atoms with Gasteiger partial charge in [-0.05, 0) is 48.6 Å². The van der Waals surface area contributed by atoms with Crippen LogP contribution in [-0.2, 0) is 23.3 Å². The van der Waals surface area contributed by atoms with E-state index in [-0.39, 0.29) is 11.3 Å². The molecule has 1 atom stereocenters. The summed E-state index contributed by atoms with van der Waals surface area (Å²) in [7, 11) is 0. The molecule has 1 N–H and O–H groups in total. The zero-order chi connectivity index (χ0) is 21.8. The lowest BCUT2D eigenvalue weighted by atomic mass is 9.85. The zero-order valence-corrected chi connectivity index (χ0v) is 16.6. The van der Waals surface area contributed by atoms with Crippen molar-refractivity contribution in [3.8, 4) is 0 Å². The van der Waals surface area contributed by atoms with Crippen molar-refractivity contribution in [1.82, 2.24) is 0 Å². The minimum atomic E-state index is -4.91. The molecule has 0 radical (unpaired) electrons. The second-order valence-corrected chi connectivity index (χ2v) is 7.98. The van der Waals surface area contributed by atoms with Crippen LogP contribution in [0.4, 0.5) is 17.6 Å². The summed E-state index contributed by atoms with van der Waals surface area (Å²) in [5, 5.41) is 11.9. The van der Waals surface area contributed by atoms with Crippen molar-refractivity contribution < 1.29 is 32.3 Å². The molecular weight excluding hydrogens is 449 g/mol. The predicted octanol–water partition coefficient (Wildman–Crippen LogP) is 5.90. The molecule has 2 aromatic rings. The highest BCUT2D eigenvalue weighted by molar-refractivity contribution is 6.35. The lowest BCUT2D eigenvalue weighted by molar-refractivity contribution is -0.275. The second kappa shape index (κ2) is 7.13. The van der Waals surface area contributed by atoms with Crippen molar-refractivity contribution in [2.75, 3.05) is 0 Å². The van der Waals surface area contributed by atoms with Gasteiger partial charge in [0, 0.05) is 17.5 Å². The molecule has 1 aliphatic heterocycles. The molecule has 0 fully saturated rings. The molecule has 0 saturated heterocycles. The smallest absolute Gasteiger partial charge is 0.435 e. The molecular formula is C20H13Cl2F4NO3. The molecule has 158 valence electrons. The van der Waals surface area contributed by atoms with E-state index in [1.165, 1.54) is 12.1 Å². The maximum absolute atomic E-state index is 14.1. The largest absolute Gasteiger partial charge is 0.478 e. The number of oxime groups is 1. The summed E-state index contributed by atoms with van der Waals surface area (Å²) >= 11 is 11.4. The number of hydrogen-bond donors (Lipinski definition) is 1. The van der Waals surface area contributed by atoms with Crippen LogP contribution in [0.15, 0.2) is 29.4 Å². The van der Waals surface area contributed by atoms with Gasteiger partial charge in [-0.25, -0.2) is 9.18 Å². The van der Waals surface area contributed by atoms with E-state index in [0.29, 0.717) is 36.0 Å². The molecule has 2 aliphatic rings. The number of fused-ring (bicyclic) bond motifs is 1. The highest BCUT2D eigenvalue weighted by Crippen LogP contribution is 2.50. The van der Waals surface area contributed by atoms with Gasteiger partial charge in [-0.1, -0.05) is 34.4 Å². The van der Waals surface area contributed by atoms with Crippen LogP contribution < -0.4 is 0 Å². The number of carboxylic acids is 1. The Morgan fingerprint density at radius 3 is 2.37 bits per heavy atom. The molecule has 0 amide bonds. The van der Waals surface area contributed by atoms with Crippen LogP contribution in [0.2, 0.25) is 10.0 Å². The van der Waals surface area contributed by atoms with Crippen LogP contribution in [0.1, 0.15) is 45.5 Å². The van der Waals surface area contributed by atoms with E-state index in [4.69, 9.17) is 28.0 Å². The van der Waals surface area contributed by atoms with Crippen molar-refractivity contribution in [3.63, 3.8) is 0 Å². The number of halogens is 6. The topological polar surface area (TPSA) is 58.9 Å². The fraction of sp³-hybridized carbons (Fsp3) is 0.300. The first-order valence-corrected chi connectivity index (χ1v) is 9.66. The lowest BCUT2D eigenvalue weighted by Gasteiger charge is -2.30. The normalized spacial score (nSPS) is 20.7. The highest BCUT2D eigenvalue weighted by atomic mass is 35.5. The molecule has 0 bridgehead atoms. The quantitative estimate of drug-likeness (QED) is 0.457. The Morgan fingerprint density at radius 1 is 1.13 bits per heavy atom. The third-order valence-electron chi connectivity index (χ3n) is 5.46. The van der Waals surface area contributed by atoms with Crippen molar-refractivity contribution in [2.24, 2.45) is 5.16 Å². The van der Waals surface area contributed by atoms with E-state index >= 15 is 0 Å². The molecule has 10 heteroatoms. The fourth-order valence-corrected chi connectivity index (χ4v) is 4.50. The van der Waals surface area contributed by atoms with Crippen molar-refractivity contribution in [3.05, 3.63) is 67.9 Å². The molecule has 0 saturated carbocycles. The van der Waals surface area contributed by atoms with Gasteiger partial charge in [-0.3, -0.25) is 0 Å². The summed E-state index contributed by atoms with van der Waals surface area (Å²) < 4.78 is 56.2. The number of hydrogen-bond acceptors (Lipinski definition) is 3. The third-order valence-corrected chi connectivity index (χ3v) is 6.01. The Balaban J connectivity index is 1.79. The summed E-state index contributed by atoms with van der Waals surface area (Å²) in [4.78, 5) is 16.4. The molecule has 4 nitrogen and oxygen atoms in total. The Kier molecular flexibility index (Phi) is 4.97. The minimum absolute atomic E-state index is 0.0268. The Labute approximate surface area is 178 Å². The Morgan fingerprint density at radius 2 is 1.77 bits per heavy atom. The Hall–Kier alpha value is -2.32. The van der Waals surface area contributed by atoms with Gasteiger partial charge in [0.05, 0.1) is 21.3 Å². The van der Waals surface area contributed by atoms with Gasteiger partial charge in [-0.2, -0.15) is 13.2 Å². The van der Waals surface area contributed by atoms with Gasteiger partial charge in [-0.15, -0.1) is 0 Å². The number of alkyl halides is 3. The van der Waals surface area contributed by atoms with Gasteiger partial charge in [0.25, 0.3) is 5.60 Å². The summed E-state index contributed by atoms with van der Waals surface area (Å²) in [5.41, 5.74) is -1.53. The monoisotopic (exact) mass is 461 g/mol. The molecule has 30 heavy (non-hydrogen) atoms. The molecule has 0 aromatic heterocycles. The molecule has 4 rings (SSSR count). The van der Waals surface area contributed by atoms with Crippen LogP contribution in [0.25, 0.3) is 0 Å². The standard InChI is InChI=1S/C20H13Cl2F4NO3/c21-14-6-9(7-15(22)17(14)23)19(20(24,25)26)8-16(27-30-19)12-4-5-13(18(28)29)11-3-1-2-10(11)12/h4-7H,1-3,8H2,(H,28,29). The highest BCUT2D eigenvalue weighted by Gasteiger charge is 2.62. The molecule has 0 spiro atoms. The SMILES string of the molecule is O=C(O)c1ccc(C2=NOC(c3cc(Cl)c(F)c(Cl)c3)(C(F)(F)F)C2)c2c1CCC2. The van der Waals surface area contributed by atoms with E-state index in [0.717, 1.165) is 12.1 Å². The van der Waals surface area contributed by atoms with E-state index < -0.39 is 45.6 Å². The maximum Gasteiger partial charge on any atom is 0.435 e. The van der Waals surface area contributed by atoms with E-state index in [9.17, 15) is 27.5 Å². The van der Waals surface area contributed by atoms with E-state index in [2.05, 4.69) is 5.16 Å². The van der Waals surface area contributed by atoms with E-state index in [1.807, 2.05) is 0 Å². The number of aromatic carboxylic acids is 1. The molecule has 1 unspecified atom stereocenters. The van der Waals surface area contributed by atoms with Crippen LogP contribution in [0.5, 0.6) is 0 Å². The first-order valence-electron chi connectivity index (χ1n) is 8.90. The van der Waals surface area contributed by atoms with Crippen LogP contribution in [0, 0.1) is 5.82 Å². The average molecular weight is 462 g/mol. The summed E-state index contributed by atoms with van der Waals surface area (Å²) in [6.07, 6.45) is -3.86. The first-order chi connectivity index (χ1) is 14.0. The van der Waals surface area contributed by atoms with Gasteiger partial charge >= 0.3 is 12.1 Å². The number of rotatable bonds is 3. The summed E-state index contributed by atoms with van der Waals surface area (Å²) in [6, 6.07) is 4.47. The van der Waals surface area contributed by atoms with Crippen molar-refractivity contribution >= 4 is 34.9 Å². The number of nitrogens with zero attached hydrogens (tertiary/aromatic N) is 1. The van der Waals surface area contributed by atoms with Gasteiger partial charge in [0.15, 0.2) is 5.82 Å². The zero-order valence-electron chi connectivity index (χ0n) is 15.1. The fourth-order valence-electron chi connectivity index (χ4n) is 4.01. The van der Waals surface area contributed by atoms with Crippen molar-refractivity contribution in [2.45, 2.75) is 37.5 Å². The predicted molar refractivity (Wildman–Crippen MR) is 102 cm³/mol. The minimum Gasteiger partial charge on any atom is -0.478 e. The molecule has 1 heterocycles. The van der Waals surface area contributed by atoms with Crippen LogP contribution in [0.3, 0.4) is 0 Å². The van der Waals surface area contributed by atoms with Crippen LogP contribution in [-0.4, -0.2) is 23.0 Å². The lowest BCUT2D eigenvalue weighted by Crippen LogP contribution is -2.42. The third kappa shape index (κ3) is 3.13. The summed E-state index contributed by atoms with van der Waals surface area (Å²) in [6.45, 7) is 0. The van der Waals surface area contributed by atoms with E-state index in [1.54, 1.807) is 0 Å². The molecule has 1 aliphatic carbocycles. The second-order valence-electron chi connectivity index (χ2n) is 7.16. The maximum atomic E-state index is 14.1. The van der Waals surface area contributed by atoms with Gasteiger partial charge in [0.2, 0.25) is 0 Å². The molecule has 2 aromatic carbocycles. The van der Waals surface area contributed by atoms with Gasteiger partial charge < -0.3 is 9.94 Å².